The molecule has 1 nitrogen and oxygen atoms in total. The molecule has 0 aliphatic heterocycles. The van der Waals surface area contributed by atoms with E-state index >= 15 is 0 Å². The summed E-state index contributed by atoms with van der Waals surface area (Å²) in [6.07, 6.45) is 10.6. The SMILES string of the molecule is CCCC1CC=C(CCc2ccc(C#N)c(F)c2)CC1. The van der Waals surface area contributed by atoms with Gasteiger partial charge in [0.2, 0.25) is 0 Å². The van der Waals surface area contributed by atoms with Crippen LogP contribution in [0.25, 0.3) is 0 Å². The van der Waals surface area contributed by atoms with Crippen molar-refractivity contribution in [1.82, 2.24) is 0 Å². The minimum Gasteiger partial charge on any atom is -0.206 e. The standard InChI is InChI=1S/C18H22FN/c1-2-3-14-4-6-15(7-5-14)8-9-16-10-11-17(13-20)18(19)12-16/h6,10-12,14H,2-5,7-9H2,1H3. The molecule has 1 aliphatic carbocycles. The topological polar surface area (TPSA) is 23.8 Å². The summed E-state index contributed by atoms with van der Waals surface area (Å²) >= 11 is 0. The zero-order chi connectivity index (χ0) is 14.4. The molecule has 0 amide bonds. The van der Waals surface area contributed by atoms with Gasteiger partial charge in [-0.15, -0.1) is 0 Å². The Morgan fingerprint density at radius 3 is 2.80 bits per heavy atom. The molecule has 106 valence electrons. The van der Waals surface area contributed by atoms with Crippen molar-refractivity contribution in [2.45, 2.75) is 51.9 Å². The lowest BCUT2D eigenvalue weighted by atomic mass is 9.85. The molecule has 0 saturated heterocycles. The van der Waals surface area contributed by atoms with Crippen molar-refractivity contribution in [2.24, 2.45) is 5.92 Å². The van der Waals surface area contributed by atoms with Gasteiger partial charge >= 0.3 is 0 Å². The highest BCUT2D eigenvalue weighted by Crippen LogP contribution is 2.29. The summed E-state index contributed by atoms with van der Waals surface area (Å²) in [6.45, 7) is 2.25. The van der Waals surface area contributed by atoms with Gasteiger partial charge < -0.3 is 0 Å². The Morgan fingerprint density at radius 1 is 1.35 bits per heavy atom. The molecule has 2 heteroatoms. The van der Waals surface area contributed by atoms with Crippen LogP contribution in [0.3, 0.4) is 0 Å². The Hall–Kier alpha value is -1.62. The first-order valence-electron chi connectivity index (χ1n) is 7.59. The molecule has 1 unspecified atom stereocenters. The zero-order valence-corrected chi connectivity index (χ0v) is 12.2. The van der Waals surface area contributed by atoms with E-state index in [2.05, 4.69) is 13.0 Å². The third kappa shape index (κ3) is 3.93. The second kappa shape index (κ2) is 7.24. The molecular formula is C18H22FN. The van der Waals surface area contributed by atoms with Crippen LogP contribution in [-0.2, 0) is 6.42 Å². The average molecular weight is 271 g/mol. The first-order valence-corrected chi connectivity index (χ1v) is 7.59. The van der Waals surface area contributed by atoms with E-state index in [-0.39, 0.29) is 5.56 Å². The van der Waals surface area contributed by atoms with E-state index in [0.717, 1.165) is 24.3 Å². The third-order valence-corrected chi connectivity index (χ3v) is 4.20. The number of nitriles is 1. The van der Waals surface area contributed by atoms with E-state index in [9.17, 15) is 4.39 Å². The summed E-state index contributed by atoms with van der Waals surface area (Å²) in [5.74, 6) is 0.474. The number of halogens is 1. The van der Waals surface area contributed by atoms with E-state index in [1.807, 2.05) is 12.1 Å². The Bertz CT molecular complexity index is 525. The monoisotopic (exact) mass is 271 g/mol. The van der Waals surface area contributed by atoms with Gasteiger partial charge in [-0.05, 0) is 55.7 Å². The van der Waals surface area contributed by atoms with Crippen LogP contribution >= 0.6 is 0 Å². The highest BCUT2D eigenvalue weighted by molar-refractivity contribution is 5.33. The number of hydrogen-bond donors (Lipinski definition) is 0. The lowest BCUT2D eigenvalue weighted by molar-refractivity contribution is 0.428. The molecular weight excluding hydrogens is 249 g/mol. The number of rotatable bonds is 5. The Balaban J connectivity index is 1.87. The van der Waals surface area contributed by atoms with Gasteiger partial charge in [-0.2, -0.15) is 5.26 Å². The van der Waals surface area contributed by atoms with Crippen LogP contribution in [0.4, 0.5) is 4.39 Å². The van der Waals surface area contributed by atoms with Crippen LogP contribution in [0.5, 0.6) is 0 Å². The lowest BCUT2D eigenvalue weighted by Crippen LogP contribution is -2.06. The van der Waals surface area contributed by atoms with Crippen molar-refractivity contribution in [3.63, 3.8) is 0 Å². The molecule has 0 saturated carbocycles. The van der Waals surface area contributed by atoms with Gasteiger partial charge in [-0.3, -0.25) is 0 Å². The first kappa shape index (κ1) is 14.8. The smallest absolute Gasteiger partial charge is 0.141 e. The molecule has 0 aromatic heterocycles. The minimum absolute atomic E-state index is 0.132. The van der Waals surface area contributed by atoms with Crippen molar-refractivity contribution >= 4 is 0 Å². The highest BCUT2D eigenvalue weighted by Gasteiger charge is 2.13. The van der Waals surface area contributed by atoms with Crippen molar-refractivity contribution in [3.8, 4) is 6.07 Å². The lowest BCUT2D eigenvalue weighted by Gasteiger charge is -2.21. The maximum absolute atomic E-state index is 13.5. The summed E-state index contributed by atoms with van der Waals surface area (Å²) in [5, 5.41) is 8.71. The Labute approximate surface area is 121 Å². The minimum atomic E-state index is -0.398. The second-order valence-corrected chi connectivity index (χ2v) is 5.72. The van der Waals surface area contributed by atoms with E-state index in [0.29, 0.717) is 0 Å². The van der Waals surface area contributed by atoms with Gasteiger partial charge in [-0.1, -0.05) is 37.5 Å². The Morgan fingerprint density at radius 2 is 2.20 bits per heavy atom. The van der Waals surface area contributed by atoms with E-state index < -0.39 is 5.82 Å². The molecule has 1 aliphatic rings. The van der Waals surface area contributed by atoms with Gasteiger partial charge in [0.05, 0.1) is 5.56 Å². The zero-order valence-electron chi connectivity index (χ0n) is 12.2. The summed E-state index contributed by atoms with van der Waals surface area (Å²) in [7, 11) is 0. The highest BCUT2D eigenvalue weighted by atomic mass is 19.1. The van der Waals surface area contributed by atoms with Gasteiger partial charge in [0.1, 0.15) is 11.9 Å². The molecule has 0 radical (unpaired) electrons. The van der Waals surface area contributed by atoms with Gasteiger partial charge in [-0.25, -0.2) is 4.39 Å². The molecule has 1 atom stereocenters. The van der Waals surface area contributed by atoms with Gasteiger partial charge in [0, 0.05) is 0 Å². The first-order chi connectivity index (χ1) is 9.72. The van der Waals surface area contributed by atoms with Crippen LogP contribution in [0.2, 0.25) is 0 Å². The van der Waals surface area contributed by atoms with Crippen LogP contribution < -0.4 is 0 Å². The molecule has 0 bridgehead atoms. The van der Waals surface area contributed by atoms with E-state index in [1.165, 1.54) is 43.7 Å². The molecule has 0 fully saturated rings. The molecule has 0 heterocycles. The van der Waals surface area contributed by atoms with Crippen molar-refractivity contribution < 1.29 is 4.39 Å². The van der Waals surface area contributed by atoms with Crippen molar-refractivity contribution in [2.75, 3.05) is 0 Å². The quantitative estimate of drug-likeness (QED) is 0.679. The molecule has 1 aromatic rings. The number of benzene rings is 1. The number of aryl methyl sites for hydroxylation is 1. The van der Waals surface area contributed by atoms with Crippen LogP contribution in [0, 0.1) is 23.1 Å². The summed E-state index contributed by atoms with van der Waals surface area (Å²) in [4.78, 5) is 0. The van der Waals surface area contributed by atoms with Crippen LogP contribution in [0.1, 0.15) is 56.6 Å². The van der Waals surface area contributed by atoms with Crippen molar-refractivity contribution in [3.05, 3.63) is 46.8 Å². The Kier molecular flexibility index (Phi) is 5.35. The third-order valence-electron chi connectivity index (χ3n) is 4.20. The fraction of sp³-hybridized carbons (Fsp3) is 0.500. The average Bonchev–Trinajstić information content (AvgIpc) is 2.47. The number of nitrogens with zero attached hydrogens (tertiary/aromatic N) is 1. The van der Waals surface area contributed by atoms with Crippen LogP contribution in [-0.4, -0.2) is 0 Å². The van der Waals surface area contributed by atoms with Gasteiger partial charge in [0.15, 0.2) is 0 Å². The fourth-order valence-electron chi connectivity index (χ4n) is 2.95. The second-order valence-electron chi connectivity index (χ2n) is 5.72. The molecule has 1 aromatic carbocycles. The molecule has 0 spiro atoms. The maximum atomic E-state index is 13.5. The molecule has 0 N–H and O–H groups in total. The molecule has 20 heavy (non-hydrogen) atoms. The van der Waals surface area contributed by atoms with E-state index in [1.54, 1.807) is 6.07 Å². The summed E-state index contributed by atoms with van der Waals surface area (Å²) in [6, 6.07) is 6.81. The summed E-state index contributed by atoms with van der Waals surface area (Å²) in [5.41, 5.74) is 2.63. The maximum Gasteiger partial charge on any atom is 0.141 e. The predicted octanol–water partition coefficient (Wildman–Crippen LogP) is 5.16. The predicted molar refractivity (Wildman–Crippen MR) is 79.8 cm³/mol. The van der Waals surface area contributed by atoms with E-state index in [4.69, 9.17) is 5.26 Å². The van der Waals surface area contributed by atoms with Crippen molar-refractivity contribution in [1.29, 1.82) is 5.26 Å². The number of hydrogen-bond acceptors (Lipinski definition) is 1. The largest absolute Gasteiger partial charge is 0.206 e. The summed E-state index contributed by atoms with van der Waals surface area (Å²) < 4.78 is 13.5. The number of allylic oxidation sites excluding steroid dienone is 2. The fourth-order valence-corrected chi connectivity index (χ4v) is 2.95. The normalized spacial score (nSPS) is 18.4. The van der Waals surface area contributed by atoms with Gasteiger partial charge in [0.25, 0.3) is 0 Å². The molecule has 2 rings (SSSR count). The van der Waals surface area contributed by atoms with Crippen LogP contribution in [0.15, 0.2) is 29.8 Å².